The van der Waals surface area contributed by atoms with Crippen molar-refractivity contribution in [2.45, 2.75) is 6.92 Å². The number of aryl methyl sites for hydroxylation is 1. The standard InChI is InChI=1S/C14H11ClN2O/c1-8-3-2-4-10(13(8)15)14-17-11-6-5-9(16)7-12(11)18-14/h2-7H,16H2,1H3. The molecular formula is C14H11ClN2O. The van der Waals surface area contributed by atoms with Gasteiger partial charge >= 0.3 is 0 Å². The van der Waals surface area contributed by atoms with Crippen LogP contribution >= 0.6 is 11.6 Å². The minimum atomic E-state index is 0.518. The Kier molecular flexibility index (Phi) is 2.49. The second-order valence-electron chi connectivity index (χ2n) is 4.18. The maximum Gasteiger partial charge on any atom is 0.228 e. The maximum absolute atomic E-state index is 6.26. The number of nitrogens with two attached hydrogens (primary N) is 1. The number of benzene rings is 2. The van der Waals surface area contributed by atoms with E-state index < -0.39 is 0 Å². The van der Waals surface area contributed by atoms with Gasteiger partial charge in [0.25, 0.3) is 0 Å². The zero-order valence-corrected chi connectivity index (χ0v) is 10.5. The van der Waals surface area contributed by atoms with Crippen LogP contribution in [0.4, 0.5) is 5.69 Å². The molecule has 0 saturated carbocycles. The first-order valence-corrected chi connectivity index (χ1v) is 5.94. The summed E-state index contributed by atoms with van der Waals surface area (Å²) in [4.78, 5) is 4.42. The zero-order valence-electron chi connectivity index (χ0n) is 9.77. The third kappa shape index (κ3) is 1.73. The van der Waals surface area contributed by atoms with Crippen molar-refractivity contribution < 1.29 is 4.42 Å². The number of hydrogen-bond acceptors (Lipinski definition) is 3. The maximum atomic E-state index is 6.26. The second kappa shape index (κ2) is 4.03. The highest BCUT2D eigenvalue weighted by Crippen LogP contribution is 2.32. The molecule has 0 aliphatic heterocycles. The summed E-state index contributed by atoms with van der Waals surface area (Å²) >= 11 is 6.26. The van der Waals surface area contributed by atoms with Gasteiger partial charge in [0, 0.05) is 11.8 Å². The van der Waals surface area contributed by atoms with Gasteiger partial charge in [-0.25, -0.2) is 4.98 Å². The molecule has 3 aromatic rings. The quantitative estimate of drug-likeness (QED) is 0.670. The Bertz CT molecular complexity index is 734. The molecule has 3 rings (SSSR count). The van der Waals surface area contributed by atoms with E-state index in [-0.39, 0.29) is 0 Å². The number of hydrogen-bond donors (Lipinski definition) is 1. The van der Waals surface area contributed by atoms with Gasteiger partial charge in [-0.1, -0.05) is 23.7 Å². The van der Waals surface area contributed by atoms with Crippen LogP contribution in [-0.2, 0) is 0 Å². The third-order valence-corrected chi connectivity index (χ3v) is 3.34. The van der Waals surface area contributed by atoms with Crippen molar-refractivity contribution in [3.05, 3.63) is 47.0 Å². The van der Waals surface area contributed by atoms with Gasteiger partial charge in [0.1, 0.15) is 5.52 Å². The molecule has 0 spiro atoms. The molecule has 0 amide bonds. The van der Waals surface area contributed by atoms with E-state index >= 15 is 0 Å². The molecule has 0 atom stereocenters. The van der Waals surface area contributed by atoms with Gasteiger partial charge in [-0.05, 0) is 30.7 Å². The predicted molar refractivity (Wildman–Crippen MR) is 73.6 cm³/mol. The molecule has 1 heterocycles. The largest absolute Gasteiger partial charge is 0.436 e. The second-order valence-corrected chi connectivity index (χ2v) is 4.56. The van der Waals surface area contributed by atoms with Gasteiger partial charge in [0.2, 0.25) is 5.89 Å². The number of aromatic nitrogens is 1. The average Bonchev–Trinajstić information content (AvgIpc) is 2.75. The van der Waals surface area contributed by atoms with Crippen molar-refractivity contribution >= 4 is 28.4 Å². The van der Waals surface area contributed by atoms with Crippen LogP contribution in [0.1, 0.15) is 5.56 Å². The SMILES string of the molecule is Cc1cccc(-c2nc3ccc(N)cc3o2)c1Cl. The van der Waals surface area contributed by atoms with Crippen molar-refractivity contribution in [1.29, 1.82) is 0 Å². The van der Waals surface area contributed by atoms with E-state index in [1.807, 2.05) is 31.2 Å². The molecule has 0 saturated heterocycles. The fourth-order valence-electron chi connectivity index (χ4n) is 1.87. The molecule has 0 bridgehead atoms. The van der Waals surface area contributed by atoms with E-state index in [2.05, 4.69) is 4.98 Å². The highest BCUT2D eigenvalue weighted by atomic mass is 35.5. The molecule has 0 fully saturated rings. The zero-order chi connectivity index (χ0) is 12.7. The Morgan fingerprint density at radius 1 is 1.22 bits per heavy atom. The molecule has 1 aromatic heterocycles. The first kappa shape index (κ1) is 11.1. The number of nitrogens with zero attached hydrogens (tertiary/aromatic N) is 1. The summed E-state index contributed by atoms with van der Waals surface area (Å²) in [6.45, 7) is 1.95. The highest BCUT2D eigenvalue weighted by molar-refractivity contribution is 6.33. The van der Waals surface area contributed by atoms with Crippen LogP contribution < -0.4 is 5.73 Å². The summed E-state index contributed by atoms with van der Waals surface area (Å²) in [5.41, 5.74) is 9.60. The van der Waals surface area contributed by atoms with Gasteiger partial charge in [0.05, 0.1) is 10.6 Å². The van der Waals surface area contributed by atoms with E-state index in [9.17, 15) is 0 Å². The number of fused-ring (bicyclic) bond motifs is 1. The predicted octanol–water partition coefficient (Wildman–Crippen LogP) is 4.04. The smallest absolute Gasteiger partial charge is 0.228 e. The van der Waals surface area contributed by atoms with Gasteiger partial charge in [-0.2, -0.15) is 0 Å². The number of nitrogen functional groups attached to an aromatic ring is 1. The molecule has 0 radical (unpaired) electrons. The molecule has 2 N–H and O–H groups in total. The highest BCUT2D eigenvalue weighted by Gasteiger charge is 2.12. The molecule has 4 heteroatoms. The fraction of sp³-hybridized carbons (Fsp3) is 0.0714. The van der Waals surface area contributed by atoms with E-state index in [1.165, 1.54) is 0 Å². The lowest BCUT2D eigenvalue weighted by Crippen LogP contribution is -1.82. The average molecular weight is 259 g/mol. The van der Waals surface area contributed by atoms with E-state index in [0.717, 1.165) is 16.6 Å². The van der Waals surface area contributed by atoms with E-state index in [0.29, 0.717) is 22.2 Å². The van der Waals surface area contributed by atoms with Crippen molar-refractivity contribution in [2.75, 3.05) is 5.73 Å². The molecule has 2 aromatic carbocycles. The van der Waals surface area contributed by atoms with Crippen LogP contribution in [0, 0.1) is 6.92 Å². The van der Waals surface area contributed by atoms with Crippen LogP contribution in [0.5, 0.6) is 0 Å². The molecule has 0 aliphatic rings. The monoisotopic (exact) mass is 258 g/mol. The van der Waals surface area contributed by atoms with Crippen molar-refractivity contribution in [1.82, 2.24) is 4.98 Å². The summed E-state index contributed by atoms with van der Waals surface area (Å²) in [7, 11) is 0. The van der Waals surface area contributed by atoms with Crippen LogP contribution in [0.25, 0.3) is 22.6 Å². The first-order valence-electron chi connectivity index (χ1n) is 5.57. The summed E-state index contributed by atoms with van der Waals surface area (Å²) in [5, 5.41) is 0.664. The molecule has 0 aliphatic carbocycles. The van der Waals surface area contributed by atoms with Gasteiger partial charge in [-0.3, -0.25) is 0 Å². The summed E-state index contributed by atoms with van der Waals surface area (Å²) in [6.07, 6.45) is 0. The number of oxazole rings is 1. The summed E-state index contributed by atoms with van der Waals surface area (Å²) < 4.78 is 5.70. The third-order valence-electron chi connectivity index (χ3n) is 2.83. The lowest BCUT2D eigenvalue weighted by molar-refractivity contribution is 0.620. The summed E-state index contributed by atoms with van der Waals surface area (Å²) in [6, 6.07) is 11.2. The van der Waals surface area contributed by atoms with Gasteiger partial charge in [0.15, 0.2) is 5.58 Å². The van der Waals surface area contributed by atoms with Crippen LogP contribution in [0.2, 0.25) is 5.02 Å². The van der Waals surface area contributed by atoms with Crippen LogP contribution in [-0.4, -0.2) is 4.98 Å². The Morgan fingerprint density at radius 2 is 2.06 bits per heavy atom. The van der Waals surface area contributed by atoms with E-state index in [4.69, 9.17) is 21.8 Å². The van der Waals surface area contributed by atoms with Crippen LogP contribution in [0.3, 0.4) is 0 Å². The lowest BCUT2D eigenvalue weighted by Gasteiger charge is -2.01. The van der Waals surface area contributed by atoms with E-state index in [1.54, 1.807) is 12.1 Å². The molecular weight excluding hydrogens is 248 g/mol. The summed E-state index contributed by atoms with van der Waals surface area (Å²) in [5.74, 6) is 0.518. The lowest BCUT2D eigenvalue weighted by atomic mass is 10.1. The van der Waals surface area contributed by atoms with Crippen molar-refractivity contribution in [2.24, 2.45) is 0 Å². The minimum Gasteiger partial charge on any atom is -0.436 e. The Morgan fingerprint density at radius 3 is 2.89 bits per heavy atom. The number of halogens is 1. The number of anilines is 1. The Labute approximate surface area is 109 Å². The molecule has 90 valence electrons. The van der Waals surface area contributed by atoms with Crippen molar-refractivity contribution in [3.8, 4) is 11.5 Å². The topological polar surface area (TPSA) is 52.0 Å². The van der Waals surface area contributed by atoms with Gasteiger partial charge < -0.3 is 10.2 Å². The Balaban J connectivity index is 2.22. The molecule has 3 nitrogen and oxygen atoms in total. The molecule has 0 unspecified atom stereocenters. The van der Waals surface area contributed by atoms with Crippen molar-refractivity contribution in [3.63, 3.8) is 0 Å². The first-order chi connectivity index (χ1) is 8.65. The minimum absolute atomic E-state index is 0.518. The Hall–Kier alpha value is -2.00. The molecule has 18 heavy (non-hydrogen) atoms. The number of rotatable bonds is 1. The van der Waals surface area contributed by atoms with Crippen LogP contribution in [0.15, 0.2) is 40.8 Å². The fourth-order valence-corrected chi connectivity index (χ4v) is 2.08. The normalized spacial score (nSPS) is 11.0. The van der Waals surface area contributed by atoms with Gasteiger partial charge in [-0.15, -0.1) is 0 Å².